The Kier molecular flexibility index (Phi) is 4.23. The Balaban J connectivity index is 2.55. The molecule has 0 unspecified atom stereocenters. The van der Waals surface area contributed by atoms with Crippen molar-refractivity contribution in [2.45, 2.75) is 6.54 Å². The molecule has 4 heteroatoms. The largest absolute Gasteiger partial charge is 0.316 e. The number of halogens is 3. The molecular weight excluding hydrogens is 272 g/mol. The zero-order chi connectivity index (χ0) is 13.1. The predicted octanol–water partition coefficient (Wildman–Crippen LogP) is 4.52. The molecule has 0 spiro atoms. The first-order valence-corrected chi connectivity index (χ1v) is 6.26. The van der Waals surface area contributed by atoms with E-state index in [-0.39, 0.29) is 5.82 Å². The van der Waals surface area contributed by atoms with E-state index < -0.39 is 0 Å². The molecule has 0 saturated carbocycles. The van der Waals surface area contributed by atoms with E-state index in [0.29, 0.717) is 27.7 Å². The Morgan fingerprint density at radius 3 is 2.61 bits per heavy atom. The lowest BCUT2D eigenvalue weighted by Gasteiger charge is -2.09. The number of rotatable bonds is 3. The van der Waals surface area contributed by atoms with Gasteiger partial charge in [-0.2, -0.15) is 0 Å². The van der Waals surface area contributed by atoms with Crippen LogP contribution in [0.1, 0.15) is 5.56 Å². The van der Waals surface area contributed by atoms with Crippen LogP contribution in [0.3, 0.4) is 0 Å². The van der Waals surface area contributed by atoms with Crippen LogP contribution in [0, 0.1) is 5.82 Å². The molecule has 2 rings (SSSR count). The lowest BCUT2D eigenvalue weighted by atomic mass is 10.0. The van der Waals surface area contributed by atoms with Crippen molar-refractivity contribution in [3.63, 3.8) is 0 Å². The molecule has 0 atom stereocenters. The highest BCUT2D eigenvalue weighted by molar-refractivity contribution is 6.43. The number of hydrogen-bond acceptors (Lipinski definition) is 1. The second kappa shape index (κ2) is 5.70. The fourth-order valence-electron chi connectivity index (χ4n) is 1.80. The third-order valence-corrected chi connectivity index (χ3v) is 3.47. The van der Waals surface area contributed by atoms with Gasteiger partial charge in [0, 0.05) is 17.7 Å². The van der Waals surface area contributed by atoms with Crippen molar-refractivity contribution in [2.24, 2.45) is 0 Å². The van der Waals surface area contributed by atoms with Crippen LogP contribution in [-0.2, 0) is 6.54 Å². The Labute approximate surface area is 116 Å². The maximum absolute atomic E-state index is 13.9. The first kappa shape index (κ1) is 13.3. The Morgan fingerprint density at radius 2 is 1.89 bits per heavy atom. The summed E-state index contributed by atoms with van der Waals surface area (Å²) in [5.41, 5.74) is 2.07. The number of hydrogen-bond donors (Lipinski definition) is 1. The van der Waals surface area contributed by atoms with Gasteiger partial charge < -0.3 is 5.32 Å². The highest BCUT2D eigenvalue weighted by atomic mass is 35.5. The summed E-state index contributed by atoms with van der Waals surface area (Å²) >= 11 is 12.1. The molecule has 18 heavy (non-hydrogen) atoms. The third kappa shape index (κ3) is 2.66. The number of nitrogens with one attached hydrogen (secondary N) is 1. The van der Waals surface area contributed by atoms with Gasteiger partial charge in [-0.15, -0.1) is 0 Å². The van der Waals surface area contributed by atoms with E-state index in [2.05, 4.69) is 5.32 Å². The highest BCUT2D eigenvalue weighted by Gasteiger charge is 2.11. The summed E-state index contributed by atoms with van der Waals surface area (Å²) in [6.07, 6.45) is 0. The van der Waals surface area contributed by atoms with Crippen LogP contribution in [0.4, 0.5) is 4.39 Å². The minimum Gasteiger partial charge on any atom is -0.316 e. The van der Waals surface area contributed by atoms with Crippen molar-refractivity contribution < 1.29 is 4.39 Å². The first-order valence-electron chi connectivity index (χ1n) is 5.51. The van der Waals surface area contributed by atoms with Crippen molar-refractivity contribution in [1.29, 1.82) is 0 Å². The summed E-state index contributed by atoms with van der Waals surface area (Å²) < 4.78 is 13.9. The quantitative estimate of drug-likeness (QED) is 0.873. The second-order valence-corrected chi connectivity index (χ2v) is 4.73. The van der Waals surface area contributed by atoms with Crippen molar-refractivity contribution >= 4 is 23.2 Å². The normalized spacial score (nSPS) is 10.7. The molecule has 2 aromatic carbocycles. The summed E-state index contributed by atoms with van der Waals surface area (Å²) in [6, 6.07) is 10.2. The minimum absolute atomic E-state index is 0.306. The van der Waals surface area contributed by atoms with Gasteiger partial charge in [0.2, 0.25) is 0 Å². The Morgan fingerprint density at radius 1 is 1.11 bits per heavy atom. The number of benzene rings is 2. The van der Waals surface area contributed by atoms with Crippen molar-refractivity contribution in [3.05, 3.63) is 57.8 Å². The fourth-order valence-corrected chi connectivity index (χ4v) is 2.21. The van der Waals surface area contributed by atoms with Gasteiger partial charge in [0.05, 0.1) is 10.0 Å². The van der Waals surface area contributed by atoms with Crippen molar-refractivity contribution in [3.8, 4) is 11.1 Å². The van der Waals surface area contributed by atoms with Crippen LogP contribution in [0.2, 0.25) is 10.0 Å². The van der Waals surface area contributed by atoms with Crippen molar-refractivity contribution in [2.75, 3.05) is 7.05 Å². The molecular formula is C14H12Cl2FN. The van der Waals surface area contributed by atoms with Gasteiger partial charge in [0.25, 0.3) is 0 Å². The topological polar surface area (TPSA) is 12.0 Å². The zero-order valence-corrected chi connectivity index (χ0v) is 11.3. The lowest BCUT2D eigenvalue weighted by molar-refractivity contribution is 0.630. The second-order valence-electron chi connectivity index (χ2n) is 3.95. The van der Waals surface area contributed by atoms with Crippen LogP contribution in [-0.4, -0.2) is 7.05 Å². The summed E-state index contributed by atoms with van der Waals surface area (Å²) in [5, 5.41) is 3.83. The SMILES string of the molecule is CNCc1ccc(F)c(-c2cccc(Cl)c2Cl)c1. The van der Waals surface area contributed by atoms with Crippen LogP contribution < -0.4 is 5.32 Å². The summed E-state index contributed by atoms with van der Waals surface area (Å²) in [4.78, 5) is 0. The van der Waals surface area contributed by atoms with Crippen LogP contribution in [0.25, 0.3) is 11.1 Å². The molecule has 0 bridgehead atoms. The highest BCUT2D eigenvalue weighted by Crippen LogP contribution is 2.35. The molecule has 0 amide bonds. The molecule has 1 nitrogen and oxygen atoms in total. The third-order valence-electron chi connectivity index (χ3n) is 2.65. The monoisotopic (exact) mass is 283 g/mol. The molecule has 2 aromatic rings. The molecule has 0 fully saturated rings. The van der Waals surface area contributed by atoms with Crippen LogP contribution >= 0.6 is 23.2 Å². The van der Waals surface area contributed by atoms with Gasteiger partial charge >= 0.3 is 0 Å². The molecule has 0 aliphatic carbocycles. The van der Waals surface area contributed by atoms with Crippen LogP contribution in [0.5, 0.6) is 0 Å². The summed E-state index contributed by atoms with van der Waals surface area (Å²) in [5.74, 6) is -0.306. The molecule has 0 aliphatic heterocycles. The molecule has 0 saturated heterocycles. The van der Waals surface area contributed by atoms with Gasteiger partial charge in [0.15, 0.2) is 0 Å². The average Bonchev–Trinajstić information content (AvgIpc) is 2.36. The maximum atomic E-state index is 13.9. The molecule has 94 valence electrons. The van der Waals surface area contributed by atoms with Gasteiger partial charge in [-0.1, -0.05) is 41.4 Å². The minimum atomic E-state index is -0.306. The van der Waals surface area contributed by atoms with Gasteiger partial charge in [0.1, 0.15) is 5.82 Å². The lowest BCUT2D eigenvalue weighted by Crippen LogP contribution is -2.05. The van der Waals surface area contributed by atoms with Crippen LogP contribution in [0.15, 0.2) is 36.4 Å². The van der Waals surface area contributed by atoms with E-state index in [1.54, 1.807) is 30.3 Å². The Hall–Kier alpha value is -1.09. The Bertz CT molecular complexity index is 570. The van der Waals surface area contributed by atoms with E-state index in [1.807, 2.05) is 7.05 Å². The maximum Gasteiger partial charge on any atom is 0.131 e. The molecule has 1 N–H and O–H groups in total. The van der Waals surface area contributed by atoms with E-state index >= 15 is 0 Å². The summed E-state index contributed by atoms with van der Waals surface area (Å²) in [6.45, 7) is 0.672. The molecule has 0 aliphatic rings. The molecule has 0 radical (unpaired) electrons. The van der Waals surface area contributed by atoms with E-state index in [1.165, 1.54) is 6.07 Å². The fraction of sp³-hybridized carbons (Fsp3) is 0.143. The molecule has 0 aromatic heterocycles. The van der Waals surface area contributed by atoms with E-state index in [9.17, 15) is 4.39 Å². The standard InChI is InChI=1S/C14H12Cl2FN/c1-18-8-9-5-6-13(17)11(7-9)10-3-2-4-12(15)14(10)16/h2-7,18H,8H2,1H3. The van der Waals surface area contributed by atoms with E-state index in [4.69, 9.17) is 23.2 Å². The zero-order valence-electron chi connectivity index (χ0n) is 9.81. The first-order chi connectivity index (χ1) is 8.63. The van der Waals surface area contributed by atoms with Gasteiger partial charge in [-0.25, -0.2) is 4.39 Å². The van der Waals surface area contributed by atoms with E-state index in [0.717, 1.165) is 5.56 Å². The molecule has 0 heterocycles. The van der Waals surface area contributed by atoms with Gasteiger partial charge in [-0.05, 0) is 30.8 Å². The summed E-state index contributed by atoms with van der Waals surface area (Å²) in [7, 11) is 1.84. The smallest absolute Gasteiger partial charge is 0.131 e. The van der Waals surface area contributed by atoms with Gasteiger partial charge in [-0.3, -0.25) is 0 Å². The van der Waals surface area contributed by atoms with Crippen molar-refractivity contribution in [1.82, 2.24) is 5.32 Å². The predicted molar refractivity (Wildman–Crippen MR) is 74.6 cm³/mol. The average molecular weight is 284 g/mol.